The maximum Gasteiger partial charge on any atom is 0.311 e. The first-order valence-electron chi connectivity index (χ1n) is 10.9. The van der Waals surface area contributed by atoms with Gasteiger partial charge in [-0.15, -0.1) is 0 Å². The van der Waals surface area contributed by atoms with Crippen LogP contribution >= 0.6 is 0 Å². The van der Waals surface area contributed by atoms with E-state index in [1.165, 1.54) is 25.3 Å². The van der Waals surface area contributed by atoms with E-state index in [0.717, 1.165) is 5.56 Å². The van der Waals surface area contributed by atoms with Crippen molar-refractivity contribution in [1.82, 2.24) is 15.6 Å². The number of carbonyl (C=O) groups excluding carboxylic acids is 2. The predicted molar refractivity (Wildman–Crippen MR) is 125 cm³/mol. The SMILES string of the molecule is COc1cc(C[C@H](NC(C)=O)C(=O)NC2CCN(c3ncccc3[N+](=O)[O-])CC2)cc(OC)c1. The number of aromatic nitrogens is 1. The molecule has 11 heteroatoms. The number of anilines is 1. The molecular weight excluding hydrogens is 442 g/mol. The molecule has 1 aromatic carbocycles. The van der Waals surface area contributed by atoms with Gasteiger partial charge >= 0.3 is 5.69 Å². The highest BCUT2D eigenvalue weighted by atomic mass is 16.6. The molecule has 11 nitrogen and oxygen atoms in total. The van der Waals surface area contributed by atoms with Crippen molar-refractivity contribution in [3.63, 3.8) is 0 Å². The number of hydrogen-bond acceptors (Lipinski definition) is 8. The van der Waals surface area contributed by atoms with Gasteiger partial charge in [-0.05, 0) is 36.6 Å². The van der Waals surface area contributed by atoms with Crippen molar-refractivity contribution < 1.29 is 24.0 Å². The zero-order chi connectivity index (χ0) is 24.7. The van der Waals surface area contributed by atoms with Gasteiger partial charge in [-0.1, -0.05) is 0 Å². The van der Waals surface area contributed by atoms with E-state index in [9.17, 15) is 19.7 Å². The molecule has 1 saturated heterocycles. The van der Waals surface area contributed by atoms with Crippen molar-refractivity contribution >= 4 is 23.3 Å². The topological polar surface area (TPSA) is 136 Å². The van der Waals surface area contributed by atoms with Crippen LogP contribution in [0.15, 0.2) is 36.5 Å². The van der Waals surface area contributed by atoms with Crippen molar-refractivity contribution in [2.45, 2.75) is 38.3 Å². The molecule has 34 heavy (non-hydrogen) atoms. The lowest BCUT2D eigenvalue weighted by Crippen LogP contribution is -2.52. The first-order chi connectivity index (χ1) is 16.3. The molecule has 2 aromatic rings. The number of hydrogen-bond donors (Lipinski definition) is 2. The number of nitro groups is 1. The normalized spacial score (nSPS) is 14.7. The molecule has 182 valence electrons. The number of nitrogens with zero attached hydrogens (tertiary/aromatic N) is 3. The van der Waals surface area contributed by atoms with Gasteiger partial charge in [0.1, 0.15) is 17.5 Å². The second-order valence-electron chi connectivity index (χ2n) is 8.05. The first kappa shape index (κ1) is 24.7. The van der Waals surface area contributed by atoms with Gasteiger partial charge in [-0.2, -0.15) is 0 Å². The average Bonchev–Trinajstić information content (AvgIpc) is 2.83. The Labute approximate surface area is 197 Å². The molecule has 1 aliphatic rings. The van der Waals surface area contributed by atoms with Crippen LogP contribution in [0.4, 0.5) is 11.5 Å². The lowest BCUT2D eigenvalue weighted by molar-refractivity contribution is -0.384. The molecule has 0 unspecified atom stereocenters. The zero-order valence-corrected chi connectivity index (χ0v) is 19.4. The monoisotopic (exact) mass is 471 g/mol. The Morgan fingerprint density at radius 2 is 1.85 bits per heavy atom. The van der Waals surface area contributed by atoms with E-state index in [4.69, 9.17) is 9.47 Å². The number of carbonyl (C=O) groups is 2. The summed E-state index contributed by atoms with van der Waals surface area (Å²) >= 11 is 0. The van der Waals surface area contributed by atoms with E-state index in [2.05, 4.69) is 15.6 Å². The number of benzene rings is 1. The van der Waals surface area contributed by atoms with Crippen LogP contribution in [-0.4, -0.2) is 61.1 Å². The van der Waals surface area contributed by atoms with E-state index in [1.807, 2.05) is 4.90 Å². The third-order valence-electron chi connectivity index (χ3n) is 5.65. The van der Waals surface area contributed by atoms with Crippen LogP contribution in [0.1, 0.15) is 25.3 Å². The highest BCUT2D eigenvalue weighted by Crippen LogP contribution is 2.27. The first-order valence-corrected chi connectivity index (χ1v) is 10.9. The molecule has 3 rings (SSSR count). The number of piperidine rings is 1. The van der Waals surface area contributed by atoms with Gasteiger partial charge in [-0.3, -0.25) is 19.7 Å². The molecular formula is C23H29N5O6. The summed E-state index contributed by atoms with van der Waals surface area (Å²) in [5.41, 5.74) is 0.742. The number of pyridine rings is 1. The molecule has 2 N–H and O–H groups in total. The summed E-state index contributed by atoms with van der Waals surface area (Å²) in [6.45, 7) is 2.39. The smallest absolute Gasteiger partial charge is 0.311 e. The van der Waals surface area contributed by atoms with E-state index >= 15 is 0 Å². The van der Waals surface area contributed by atoms with Crippen molar-refractivity contribution in [3.8, 4) is 11.5 Å². The van der Waals surface area contributed by atoms with Gasteiger partial charge in [0.15, 0.2) is 0 Å². The van der Waals surface area contributed by atoms with Crippen LogP contribution in [0.2, 0.25) is 0 Å². The maximum atomic E-state index is 13.1. The molecule has 2 amide bonds. The number of ether oxygens (including phenoxy) is 2. The Hall–Kier alpha value is -3.89. The minimum Gasteiger partial charge on any atom is -0.497 e. The second kappa shape index (κ2) is 11.3. The van der Waals surface area contributed by atoms with E-state index in [-0.39, 0.29) is 30.0 Å². The molecule has 0 saturated carbocycles. The molecule has 1 atom stereocenters. The Morgan fingerprint density at radius 1 is 1.21 bits per heavy atom. The summed E-state index contributed by atoms with van der Waals surface area (Å²) in [5.74, 6) is 0.909. The Kier molecular flexibility index (Phi) is 8.23. The number of amides is 2. The standard InChI is InChI=1S/C23H29N5O6/c1-15(29)25-20(13-16-11-18(33-2)14-19(12-16)34-3)23(30)26-17-6-9-27(10-7-17)22-21(28(31)32)5-4-8-24-22/h4-5,8,11-12,14,17,20H,6-7,9-10,13H2,1-3H3,(H,25,29)(H,26,30)/t20-/m0/s1. The fourth-order valence-corrected chi connectivity index (χ4v) is 3.99. The number of rotatable bonds is 9. The van der Waals surface area contributed by atoms with Crippen LogP contribution in [0, 0.1) is 10.1 Å². The molecule has 2 heterocycles. The summed E-state index contributed by atoms with van der Waals surface area (Å²) in [7, 11) is 3.09. The summed E-state index contributed by atoms with van der Waals surface area (Å²) < 4.78 is 10.6. The van der Waals surface area contributed by atoms with Crippen molar-refractivity contribution in [3.05, 3.63) is 52.2 Å². The summed E-state index contributed by atoms with van der Waals surface area (Å²) in [6.07, 6.45) is 2.98. The van der Waals surface area contributed by atoms with Crippen LogP contribution in [0.5, 0.6) is 11.5 Å². The Balaban J connectivity index is 1.65. The Bertz CT molecular complexity index is 1020. The fourth-order valence-electron chi connectivity index (χ4n) is 3.99. The lowest BCUT2D eigenvalue weighted by Gasteiger charge is -2.33. The highest BCUT2D eigenvalue weighted by Gasteiger charge is 2.28. The van der Waals surface area contributed by atoms with E-state index in [1.54, 1.807) is 32.4 Å². The van der Waals surface area contributed by atoms with Crippen LogP contribution in [0.3, 0.4) is 0 Å². The number of methoxy groups -OCH3 is 2. The van der Waals surface area contributed by atoms with Crippen molar-refractivity contribution in [1.29, 1.82) is 0 Å². The van der Waals surface area contributed by atoms with Gasteiger partial charge in [-0.25, -0.2) is 4.98 Å². The molecule has 0 radical (unpaired) electrons. The van der Waals surface area contributed by atoms with Gasteiger partial charge in [0.05, 0.1) is 19.1 Å². The summed E-state index contributed by atoms with van der Waals surface area (Å²) in [6, 6.07) is 7.39. The van der Waals surface area contributed by atoms with E-state index < -0.39 is 11.0 Å². The maximum absolute atomic E-state index is 13.1. The van der Waals surface area contributed by atoms with E-state index in [0.29, 0.717) is 43.2 Å². The van der Waals surface area contributed by atoms with Crippen LogP contribution in [0.25, 0.3) is 0 Å². The van der Waals surface area contributed by atoms with Gasteiger partial charge in [0, 0.05) is 50.8 Å². The second-order valence-corrected chi connectivity index (χ2v) is 8.05. The summed E-state index contributed by atoms with van der Waals surface area (Å²) in [5, 5.41) is 17.0. The third-order valence-corrected chi connectivity index (χ3v) is 5.65. The molecule has 1 fully saturated rings. The van der Waals surface area contributed by atoms with Crippen LogP contribution in [-0.2, 0) is 16.0 Å². The van der Waals surface area contributed by atoms with Gasteiger partial charge in [0.25, 0.3) is 0 Å². The predicted octanol–water partition coefficient (Wildman–Crippen LogP) is 1.84. The molecule has 1 aromatic heterocycles. The van der Waals surface area contributed by atoms with Gasteiger partial charge in [0.2, 0.25) is 17.6 Å². The summed E-state index contributed by atoms with van der Waals surface area (Å²) in [4.78, 5) is 41.7. The molecule has 0 bridgehead atoms. The average molecular weight is 472 g/mol. The Morgan fingerprint density at radius 3 is 2.41 bits per heavy atom. The molecule has 0 spiro atoms. The van der Waals surface area contributed by atoms with Crippen molar-refractivity contribution in [2.24, 2.45) is 0 Å². The zero-order valence-electron chi connectivity index (χ0n) is 19.4. The highest BCUT2D eigenvalue weighted by molar-refractivity contribution is 5.87. The third kappa shape index (κ3) is 6.33. The quantitative estimate of drug-likeness (QED) is 0.418. The fraction of sp³-hybridized carbons (Fsp3) is 0.435. The molecule has 1 aliphatic heterocycles. The van der Waals surface area contributed by atoms with Crippen molar-refractivity contribution in [2.75, 3.05) is 32.2 Å². The minimum atomic E-state index is -0.774. The molecule has 0 aliphatic carbocycles. The van der Waals surface area contributed by atoms with Gasteiger partial charge < -0.3 is 25.0 Å². The number of nitrogens with one attached hydrogen (secondary N) is 2. The minimum absolute atomic E-state index is 0.0376. The van der Waals surface area contributed by atoms with Crippen LogP contribution < -0.4 is 25.0 Å². The lowest BCUT2D eigenvalue weighted by atomic mass is 10.0. The largest absolute Gasteiger partial charge is 0.497 e.